The van der Waals surface area contributed by atoms with Crippen LogP contribution in [-0.4, -0.2) is 60.4 Å². The van der Waals surface area contributed by atoms with Gasteiger partial charge in [-0.15, -0.1) is 0 Å². The Morgan fingerprint density at radius 2 is 1.95 bits per heavy atom. The molecule has 0 bridgehead atoms. The van der Waals surface area contributed by atoms with Crippen molar-refractivity contribution in [1.29, 1.82) is 0 Å². The van der Waals surface area contributed by atoms with E-state index in [1.807, 2.05) is 6.92 Å². The van der Waals surface area contributed by atoms with Gasteiger partial charge >= 0.3 is 5.97 Å². The fraction of sp³-hybridized carbons (Fsp3) is 0.933. The van der Waals surface area contributed by atoms with Crippen molar-refractivity contribution in [2.45, 2.75) is 65.1 Å². The van der Waals surface area contributed by atoms with Gasteiger partial charge < -0.3 is 15.2 Å². The highest BCUT2D eigenvalue weighted by atomic mass is 16.5. The fourth-order valence-corrected chi connectivity index (χ4v) is 2.64. The molecule has 0 aliphatic heterocycles. The molecule has 0 fully saturated rings. The van der Waals surface area contributed by atoms with Crippen LogP contribution in [0.25, 0.3) is 0 Å². The molecule has 0 aliphatic rings. The van der Waals surface area contributed by atoms with Crippen molar-refractivity contribution in [1.82, 2.24) is 10.2 Å². The van der Waals surface area contributed by atoms with Crippen LogP contribution in [0.4, 0.5) is 0 Å². The number of carboxylic acid groups (broad SMARTS) is 1. The van der Waals surface area contributed by atoms with E-state index < -0.39 is 11.5 Å². The molecule has 0 radical (unpaired) electrons. The van der Waals surface area contributed by atoms with E-state index in [2.05, 4.69) is 31.0 Å². The van der Waals surface area contributed by atoms with E-state index in [1.165, 1.54) is 0 Å². The lowest BCUT2D eigenvalue weighted by molar-refractivity contribution is -0.145. The third-order valence-corrected chi connectivity index (χ3v) is 4.02. The molecule has 120 valence electrons. The van der Waals surface area contributed by atoms with Crippen LogP contribution in [0.3, 0.4) is 0 Å². The third-order valence-electron chi connectivity index (χ3n) is 4.02. The second-order valence-electron chi connectivity index (χ2n) is 5.71. The highest BCUT2D eigenvalue weighted by molar-refractivity contribution is 5.78. The van der Waals surface area contributed by atoms with Gasteiger partial charge in [0.05, 0.1) is 6.61 Å². The van der Waals surface area contributed by atoms with Crippen LogP contribution in [0.1, 0.15) is 47.5 Å². The fourth-order valence-electron chi connectivity index (χ4n) is 2.64. The van der Waals surface area contributed by atoms with Gasteiger partial charge in [0, 0.05) is 25.7 Å². The summed E-state index contributed by atoms with van der Waals surface area (Å²) in [6, 6.07) is 0.597. The highest BCUT2D eigenvalue weighted by Gasteiger charge is 2.35. The first kappa shape index (κ1) is 19.4. The Morgan fingerprint density at radius 1 is 1.35 bits per heavy atom. The summed E-state index contributed by atoms with van der Waals surface area (Å²) in [5.74, 6) is -0.790. The number of carboxylic acids is 1. The molecule has 0 rings (SSSR count). The second-order valence-corrected chi connectivity index (χ2v) is 5.71. The molecule has 0 aromatic heterocycles. The average Bonchev–Trinajstić information content (AvgIpc) is 2.38. The first-order chi connectivity index (χ1) is 9.32. The zero-order chi connectivity index (χ0) is 15.8. The Labute approximate surface area is 123 Å². The molecule has 0 saturated carbocycles. The molecular weight excluding hydrogens is 256 g/mol. The zero-order valence-corrected chi connectivity index (χ0v) is 13.9. The first-order valence-electron chi connectivity index (χ1n) is 7.55. The molecule has 0 aliphatic carbocycles. The highest BCUT2D eigenvalue weighted by Crippen LogP contribution is 2.19. The van der Waals surface area contributed by atoms with E-state index in [9.17, 15) is 9.90 Å². The van der Waals surface area contributed by atoms with E-state index >= 15 is 0 Å². The predicted molar refractivity (Wildman–Crippen MR) is 82.1 cm³/mol. The van der Waals surface area contributed by atoms with Gasteiger partial charge in [-0.3, -0.25) is 9.69 Å². The lowest BCUT2D eigenvalue weighted by Gasteiger charge is -2.38. The van der Waals surface area contributed by atoms with Gasteiger partial charge in [-0.2, -0.15) is 0 Å². The third kappa shape index (κ3) is 5.77. The average molecular weight is 288 g/mol. The molecule has 0 amide bonds. The van der Waals surface area contributed by atoms with Gasteiger partial charge in [-0.05, 0) is 40.2 Å². The maximum atomic E-state index is 11.5. The lowest BCUT2D eigenvalue weighted by Crippen LogP contribution is -2.54. The van der Waals surface area contributed by atoms with E-state index in [1.54, 1.807) is 14.0 Å². The Kier molecular flexibility index (Phi) is 9.01. The zero-order valence-electron chi connectivity index (χ0n) is 13.9. The molecule has 5 heteroatoms. The molecule has 5 nitrogen and oxygen atoms in total. The smallest absolute Gasteiger partial charge is 0.323 e. The van der Waals surface area contributed by atoms with Crippen molar-refractivity contribution in [2.75, 3.05) is 26.8 Å². The van der Waals surface area contributed by atoms with Crippen molar-refractivity contribution < 1.29 is 14.6 Å². The molecule has 0 saturated heterocycles. The minimum absolute atomic E-state index is 0.181. The van der Waals surface area contributed by atoms with E-state index in [4.69, 9.17) is 4.74 Å². The first-order valence-corrected chi connectivity index (χ1v) is 7.55. The van der Waals surface area contributed by atoms with Crippen LogP contribution in [-0.2, 0) is 9.53 Å². The molecule has 0 aromatic rings. The number of nitrogens with zero attached hydrogens (tertiary/aromatic N) is 1. The number of methoxy groups -OCH3 is 1. The number of likely N-dealkylation sites (N-methyl/N-ethyl adjacent to an activating group) is 1. The summed E-state index contributed by atoms with van der Waals surface area (Å²) in [5, 5.41) is 12.6. The van der Waals surface area contributed by atoms with Gasteiger partial charge in [-0.25, -0.2) is 0 Å². The second kappa shape index (κ2) is 9.32. The lowest BCUT2D eigenvalue weighted by atomic mass is 9.92. The summed E-state index contributed by atoms with van der Waals surface area (Å²) in [4.78, 5) is 13.9. The van der Waals surface area contributed by atoms with Crippen LogP contribution in [0.5, 0.6) is 0 Å². The molecule has 0 heterocycles. The number of hydrogen-bond donors (Lipinski definition) is 2. The topological polar surface area (TPSA) is 61.8 Å². The summed E-state index contributed by atoms with van der Waals surface area (Å²) in [7, 11) is 1.69. The number of aliphatic carboxylic acids is 1. The van der Waals surface area contributed by atoms with Gasteiger partial charge in [0.2, 0.25) is 0 Å². The minimum Gasteiger partial charge on any atom is -0.480 e. The standard InChI is InChI=1S/C15H32N2O3/c1-7-12(3)17(9-10-20-6)13(4)11-15(5,14(18)19)16-8-2/h12-13,16H,7-11H2,1-6H3,(H,18,19). The molecule has 3 atom stereocenters. The van der Waals surface area contributed by atoms with Gasteiger partial charge in [0.25, 0.3) is 0 Å². The Morgan fingerprint density at radius 3 is 2.35 bits per heavy atom. The van der Waals surface area contributed by atoms with Crippen LogP contribution < -0.4 is 5.32 Å². The van der Waals surface area contributed by atoms with E-state index in [-0.39, 0.29) is 6.04 Å². The minimum atomic E-state index is -0.882. The van der Waals surface area contributed by atoms with Crippen molar-refractivity contribution in [2.24, 2.45) is 0 Å². The van der Waals surface area contributed by atoms with Crippen LogP contribution in [0.15, 0.2) is 0 Å². The van der Waals surface area contributed by atoms with Crippen molar-refractivity contribution >= 4 is 5.97 Å². The van der Waals surface area contributed by atoms with Crippen LogP contribution in [0.2, 0.25) is 0 Å². The summed E-state index contributed by atoms with van der Waals surface area (Å²) in [6.45, 7) is 12.3. The molecule has 2 N–H and O–H groups in total. The molecule has 3 unspecified atom stereocenters. The van der Waals surface area contributed by atoms with Crippen molar-refractivity contribution in [3.63, 3.8) is 0 Å². The Hall–Kier alpha value is -0.650. The normalized spacial score (nSPS) is 17.8. The largest absolute Gasteiger partial charge is 0.480 e. The number of ether oxygens (including phenoxy) is 1. The van der Waals surface area contributed by atoms with E-state index in [0.717, 1.165) is 13.0 Å². The molecule has 20 heavy (non-hydrogen) atoms. The SMILES string of the molecule is CCNC(C)(CC(C)N(CCOC)C(C)CC)C(=O)O. The Bertz CT molecular complexity index is 286. The monoisotopic (exact) mass is 288 g/mol. The van der Waals surface area contributed by atoms with Crippen LogP contribution in [0, 0.1) is 0 Å². The summed E-state index contributed by atoms with van der Waals surface area (Å²) < 4.78 is 5.17. The predicted octanol–water partition coefficient (Wildman–Crippen LogP) is 1.96. The van der Waals surface area contributed by atoms with Gasteiger partial charge in [-0.1, -0.05) is 13.8 Å². The Balaban J connectivity index is 4.86. The summed E-state index contributed by atoms with van der Waals surface area (Å²) >= 11 is 0. The maximum Gasteiger partial charge on any atom is 0.323 e. The quantitative estimate of drug-likeness (QED) is 0.608. The van der Waals surface area contributed by atoms with Crippen molar-refractivity contribution in [3.05, 3.63) is 0 Å². The number of hydrogen-bond acceptors (Lipinski definition) is 4. The van der Waals surface area contributed by atoms with Crippen LogP contribution >= 0.6 is 0 Å². The van der Waals surface area contributed by atoms with Crippen molar-refractivity contribution in [3.8, 4) is 0 Å². The number of rotatable bonds is 11. The maximum absolute atomic E-state index is 11.5. The molecule has 0 aromatic carbocycles. The van der Waals surface area contributed by atoms with E-state index in [0.29, 0.717) is 25.6 Å². The number of carbonyl (C=O) groups is 1. The summed E-state index contributed by atoms with van der Waals surface area (Å²) in [6.07, 6.45) is 1.61. The number of nitrogens with one attached hydrogen (secondary N) is 1. The van der Waals surface area contributed by atoms with Gasteiger partial charge in [0.1, 0.15) is 5.54 Å². The summed E-state index contributed by atoms with van der Waals surface area (Å²) in [5.41, 5.74) is -0.882. The molecular formula is C15H32N2O3. The van der Waals surface area contributed by atoms with Gasteiger partial charge in [0.15, 0.2) is 0 Å². The molecule has 0 spiro atoms.